The Labute approximate surface area is 86.2 Å². The molecule has 2 fully saturated rings. The molecule has 3 nitrogen and oxygen atoms in total. The first-order valence-corrected chi connectivity index (χ1v) is 5.61. The van der Waals surface area contributed by atoms with E-state index in [0.717, 1.165) is 32.2 Å². The molecule has 0 bridgehead atoms. The number of rotatable bonds is 5. The number of nitrogens with one attached hydrogen (secondary N) is 1. The van der Waals surface area contributed by atoms with Gasteiger partial charge in [-0.3, -0.25) is 0 Å². The zero-order chi connectivity index (χ0) is 10.0. The topological polar surface area (TPSA) is 30.5 Å². The van der Waals surface area contributed by atoms with Gasteiger partial charge in [-0.15, -0.1) is 0 Å². The van der Waals surface area contributed by atoms with Gasteiger partial charge in [0.2, 0.25) is 0 Å². The van der Waals surface area contributed by atoms with Gasteiger partial charge in [0.25, 0.3) is 0 Å². The Hall–Kier alpha value is -0.120. The van der Waals surface area contributed by atoms with Gasteiger partial charge in [0.15, 0.2) is 0 Å². The fourth-order valence-electron chi connectivity index (χ4n) is 2.21. The van der Waals surface area contributed by atoms with Crippen LogP contribution in [0.3, 0.4) is 0 Å². The van der Waals surface area contributed by atoms with Crippen LogP contribution in [0, 0.1) is 5.41 Å². The molecule has 1 aliphatic carbocycles. The van der Waals surface area contributed by atoms with Gasteiger partial charge in [0, 0.05) is 31.7 Å². The Morgan fingerprint density at radius 2 is 2.29 bits per heavy atom. The molecule has 0 spiro atoms. The van der Waals surface area contributed by atoms with E-state index in [1.54, 1.807) is 7.11 Å². The smallest absolute Gasteiger partial charge is 0.0638 e. The van der Waals surface area contributed by atoms with Crippen LogP contribution in [0.25, 0.3) is 0 Å². The predicted octanol–water partition coefficient (Wildman–Crippen LogP) is 1.18. The minimum Gasteiger partial charge on any atom is -0.384 e. The Balaban J connectivity index is 1.89. The van der Waals surface area contributed by atoms with Crippen LogP contribution in [0.5, 0.6) is 0 Å². The molecule has 1 saturated carbocycles. The second kappa shape index (κ2) is 4.17. The lowest BCUT2D eigenvalue weighted by molar-refractivity contribution is 0.0107. The molecule has 0 amide bonds. The molecular weight excluding hydrogens is 178 g/mol. The summed E-state index contributed by atoms with van der Waals surface area (Å²) in [6.07, 6.45) is 4.15. The highest BCUT2D eigenvalue weighted by molar-refractivity contribution is 4.94. The van der Waals surface area contributed by atoms with E-state index in [2.05, 4.69) is 12.2 Å². The van der Waals surface area contributed by atoms with Crippen LogP contribution in [0.15, 0.2) is 0 Å². The third-order valence-corrected chi connectivity index (χ3v) is 3.58. The van der Waals surface area contributed by atoms with Crippen molar-refractivity contribution in [3.05, 3.63) is 0 Å². The summed E-state index contributed by atoms with van der Waals surface area (Å²) in [5.41, 5.74) is 0.220. The first-order valence-electron chi connectivity index (χ1n) is 5.61. The van der Waals surface area contributed by atoms with Crippen LogP contribution >= 0.6 is 0 Å². The maximum absolute atomic E-state index is 5.65. The summed E-state index contributed by atoms with van der Waals surface area (Å²) in [5.74, 6) is 0. The second-order valence-corrected chi connectivity index (χ2v) is 4.71. The highest BCUT2D eigenvalue weighted by Crippen LogP contribution is 2.35. The predicted molar refractivity (Wildman–Crippen MR) is 55.4 cm³/mol. The summed E-state index contributed by atoms with van der Waals surface area (Å²) < 4.78 is 11.0. The maximum Gasteiger partial charge on any atom is 0.0638 e. The lowest BCUT2D eigenvalue weighted by Crippen LogP contribution is -2.43. The summed E-state index contributed by atoms with van der Waals surface area (Å²) in [6.45, 7) is 4.91. The van der Waals surface area contributed by atoms with E-state index < -0.39 is 0 Å². The zero-order valence-corrected chi connectivity index (χ0v) is 9.21. The standard InChI is InChI=1S/C11H21NO2/c1-9-11(8-13-2,5-6-14-9)7-12-10-3-4-10/h9-10,12H,3-8H2,1-2H3. The summed E-state index contributed by atoms with van der Waals surface area (Å²) in [4.78, 5) is 0. The first kappa shape index (κ1) is 10.4. The molecule has 0 radical (unpaired) electrons. The van der Waals surface area contributed by atoms with Gasteiger partial charge in [-0.1, -0.05) is 0 Å². The molecule has 2 atom stereocenters. The van der Waals surface area contributed by atoms with Crippen molar-refractivity contribution in [1.29, 1.82) is 0 Å². The van der Waals surface area contributed by atoms with Crippen LogP contribution in [0.1, 0.15) is 26.2 Å². The molecule has 0 aromatic carbocycles. The van der Waals surface area contributed by atoms with E-state index in [0.29, 0.717) is 6.10 Å². The molecule has 0 aromatic rings. The van der Waals surface area contributed by atoms with Crippen molar-refractivity contribution in [2.75, 3.05) is 26.9 Å². The second-order valence-electron chi connectivity index (χ2n) is 4.71. The lowest BCUT2D eigenvalue weighted by atomic mass is 9.82. The van der Waals surface area contributed by atoms with Crippen molar-refractivity contribution in [1.82, 2.24) is 5.32 Å². The quantitative estimate of drug-likeness (QED) is 0.721. The van der Waals surface area contributed by atoms with E-state index in [1.807, 2.05) is 0 Å². The van der Waals surface area contributed by atoms with Crippen LogP contribution in [0.2, 0.25) is 0 Å². The minimum absolute atomic E-state index is 0.220. The normalized spacial score (nSPS) is 37.7. The molecule has 0 aromatic heterocycles. The van der Waals surface area contributed by atoms with E-state index in [-0.39, 0.29) is 5.41 Å². The van der Waals surface area contributed by atoms with Crippen LogP contribution in [0.4, 0.5) is 0 Å². The van der Waals surface area contributed by atoms with Crippen molar-refractivity contribution in [3.63, 3.8) is 0 Å². The van der Waals surface area contributed by atoms with Gasteiger partial charge in [0.05, 0.1) is 12.7 Å². The Kier molecular flexibility index (Phi) is 3.10. The third-order valence-electron chi connectivity index (χ3n) is 3.58. The Morgan fingerprint density at radius 3 is 2.79 bits per heavy atom. The first-order chi connectivity index (χ1) is 6.77. The van der Waals surface area contributed by atoms with Gasteiger partial charge < -0.3 is 14.8 Å². The van der Waals surface area contributed by atoms with Gasteiger partial charge in [-0.25, -0.2) is 0 Å². The largest absolute Gasteiger partial charge is 0.384 e. The van der Waals surface area contributed by atoms with Gasteiger partial charge in [-0.2, -0.15) is 0 Å². The van der Waals surface area contributed by atoms with E-state index in [1.165, 1.54) is 12.8 Å². The molecule has 2 aliphatic rings. The fraction of sp³-hybridized carbons (Fsp3) is 1.00. The molecule has 14 heavy (non-hydrogen) atoms. The third kappa shape index (κ3) is 2.10. The fourth-order valence-corrected chi connectivity index (χ4v) is 2.21. The molecule has 82 valence electrons. The summed E-state index contributed by atoms with van der Waals surface area (Å²) >= 11 is 0. The number of ether oxygens (including phenoxy) is 2. The van der Waals surface area contributed by atoms with Crippen LogP contribution < -0.4 is 5.32 Å². The molecule has 2 unspecified atom stereocenters. The van der Waals surface area contributed by atoms with Gasteiger partial charge >= 0.3 is 0 Å². The monoisotopic (exact) mass is 199 g/mol. The van der Waals surface area contributed by atoms with Crippen molar-refractivity contribution >= 4 is 0 Å². The van der Waals surface area contributed by atoms with E-state index >= 15 is 0 Å². The zero-order valence-electron chi connectivity index (χ0n) is 9.21. The van der Waals surface area contributed by atoms with Crippen molar-refractivity contribution in [3.8, 4) is 0 Å². The summed E-state index contributed by atoms with van der Waals surface area (Å²) in [7, 11) is 1.78. The average molecular weight is 199 g/mol. The highest BCUT2D eigenvalue weighted by Gasteiger charge is 2.42. The molecule has 3 heteroatoms. The number of hydrogen-bond donors (Lipinski definition) is 1. The summed E-state index contributed by atoms with van der Waals surface area (Å²) in [6, 6.07) is 0.775. The molecule has 1 N–H and O–H groups in total. The lowest BCUT2D eigenvalue weighted by Gasteiger charge is -2.31. The van der Waals surface area contributed by atoms with Crippen LogP contribution in [-0.2, 0) is 9.47 Å². The van der Waals surface area contributed by atoms with Crippen molar-refractivity contribution in [2.45, 2.75) is 38.3 Å². The van der Waals surface area contributed by atoms with E-state index in [4.69, 9.17) is 9.47 Å². The maximum atomic E-state index is 5.65. The minimum atomic E-state index is 0.220. The van der Waals surface area contributed by atoms with Gasteiger partial charge in [0.1, 0.15) is 0 Å². The van der Waals surface area contributed by atoms with E-state index in [9.17, 15) is 0 Å². The SMILES string of the molecule is COCC1(CNC2CC2)CCOC1C. The molecule has 1 aliphatic heterocycles. The molecule has 1 heterocycles. The Morgan fingerprint density at radius 1 is 1.50 bits per heavy atom. The summed E-state index contributed by atoms with van der Waals surface area (Å²) in [5, 5.41) is 3.59. The average Bonchev–Trinajstić information content (AvgIpc) is 2.92. The van der Waals surface area contributed by atoms with Crippen molar-refractivity contribution in [2.24, 2.45) is 5.41 Å². The Bertz CT molecular complexity index is 194. The van der Waals surface area contributed by atoms with Crippen molar-refractivity contribution < 1.29 is 9.47 Å². The van der Waals surface area contributed by atoms with Crippen LogP contribution in [-0.4, -0.2) is 39.0 Å². The highest BCUT2D eigenvalue weighted by atomic mass is 16.5. The molecular formula is C11H21NO2. The molecule has 1 saturated heterocycles. The van der Waals surface area contributed by atoms with Gasteiger partial charge in [-0.05, 0) is 26.2 Å². The number of methoxy groups -OCH3 is 1. The molecule has 2 rings (SSSR count). The number of hydrogen-bond acceptors (Lipinski definition) is 3.